The lowest BCUT2D eigenvalue weighted by molar-refractivity contribution is 0.0599. The number of esters is 1. The summed E-state index contributed by atoms with van der Waals surface area (Å²) in [6.45, 7) is 0. The largest absolute Gasteiger partial charge is 0.465 e. The third-order valence-corrected chi connectivity index (χ3v) is 1.59. The van der Waals surface area contributed by atoms with Crippen LogP contribution >= 0.6 is 12.2 Å². The quantitative estimate of drug-likeness (QED) is 0.512. The highest BCUT2D eigenvalue weighted by atomic mass is 32.1. The molecule has 0 amide bonds. The summed E-state index contributed by atoms with van der Waals surface area (Å²) in [5.74, 6) is -0.410. The van der Waals surface area contributed by atoms with Gasteiger partial charge >= 0.3 is 5.97 Å². The molecule has 0 unspecified atom stereocenters. The molecule has 0 bridgehead atoms. The molecular weight excluding hydrogens is 162 g/mol. The number of pyridine rings is 1. The fraction of sp³-hybridized carbons (Fsp3) is 0.143. The van der Waals surface area contributed by atoms with E-state index in [1.54, 1.807) is 12.3 Å². The molecule has 0 fully saturated rings. The van der Waals surface area contributed by atoms with Gasteiger partial charge in [0.2, 0.25) is 0 Å². The molecule has 0 radical (unpaired) electrons. The van der Waals surface area contributed by atoms with Crippen molar-refractivity contribution in [3.05, 3.63) is 28.5 Å². The number of carbonyl (C=O) groups excluding carboxylic acids is 1. The van der Waals surface area contributed by atoms with E-state index in [0.29, 0.717) is 10.1 Å². The van der Waals surface area contributed by atoms with E-state index in [2.05, 4.69) is 9.72 Å². The van der Waals surface area contributed by atoms with Crippen LogP contribution in [0.4, 0.5) is 0 Å². The van der Waals surface area contributed by atoms with Crippen molar-refractivity contribution in [3.63, 3.8) is 0 Å². The lowest BCUT2D eigenvalue weighted by Gasteiger charge is -1.96. The van der Waals surface area contributed by atoms with E-state index in [-0.39, 0.29) is 0 Å². The Kier molecular flexibility index (Phi) is 2.38. The molecular formula is C7H7NO2S. The van der Waals surface area contributed by atoms with Gasteiger partial charge in [-0.3, -0.25) is 0 Å². The molecule has 0 saturated heterocycles. The SMILES string of the molecule is COC(=O)c1c[nH]ccc1=S. The Labute approximate surface area is 69.0 Å². The Bertz CT molecular complexity index is 318. The summed E-state index contributed by atoms with van der Waals surface area (Å²) in [5, 5.41) is 0. The van der Waals surface area contributed by atoms with E-state index in [1.165, 1.54) is 13.3 Å². The third kappa shape index (κ3) is 1.65. The summed E-state index contributed by atoms with van der Waals surface area (Å²) >= 11 is 4.87. The molecule has 0 atom stereocenters. The molecule has 0 aromatic carbocycles. The van der Waals surface area contributed by atoms with Crippen LogP contribution in [0.1, 0.15) is 10.4 Å². The van der Waals surface area contributed by atoms with Crippen molar-refractivity contribution in [2.24, 2.45) is 0 Å². The number of carbonyl (C=O) groups is 1. The highest BCUT2D eigenvalue weighted by Crippen LogP contribution is 2.01. The maximum absolute atomic E-state index is 10.9. The van der Waals surface area contributed by atoms with E-state index in [1.807, 2.05) is 0 Å². The number of methoxy groups -OCH3 is 1. The fourth-order valence-corrected chi connectivity index (χ4v) is 0.896. The number of rotatable bonds is 1. The van der Waals surface area contributed by atoms with Gasteiger partial charge in [0.05, 0.1) is 17.2 Å². The molecule has 0 spiro atoms. The number of nitrogens with one attached hydrogen (secondary N) is 1. The predicted molar refractivity (Wildman–Crippen MR) is 43.0 cm³/mol. The van der Waals surface area contributed by atoms with Crippen LogP contribution in [-0.2, 0) is 4.74 Å². The first-order chi connectivity index (χ1) is 5.25. The van der Waals surface area contributed by atoms with Gasteiger partial charge in [-0.15, -0.1) is 0 Å². The maximum atomic E-state index is 10.9. The molecule has 1 N–H and O–H groups in total. The molecule has 0 aliphatic carbocycles. The molecule has 11 heavy (non-hydrogen) atoms. The van der Waals surface area contributed by atoms with E-state index >= 15 is 0 Å². The topological polar surface area (TPSA) is 42.1 Å². The summed E-state index contributed by atoms with van der Waals surface area (Å²) in [5.41, 5.74) is 0.394. The fourth-order valence-electron chi connectivity index (χ4n) is 0.686. The smallest absolute Gasteiger partial charge is 0.340 e. The van der Waals surface area contributed by atoms with Crippen LogP contribution in [0.15, 0.2) is 18.5 Å². The Balaban J connectivity index is 3.14. The molecule has 1 aromatic heterocycles. The van der Waals surface area contributed by atoms with Crippen LogP contribution < -0.4 is 0 Å². The number of aromatic amines is 1. The van der Waals surface area contributed by atoms with Crippen molar-refractivity contribution in [2.45, 2.75) is 0 Å². The zero-order valence-electron chi connectivity index (χ0n) is 5.96. The molecule has 1 heterocycles. The Morgan fingerprint density at radius 3 is 3.00 bits per heavy atom. The van der Waals surface area contributed by atoms with Gasteiger partial charge in [-0.1, -0.05) is 12.2 Å². The predicted octanol–water partition coefficient (Wildman–Crippen LogP) is 1.53. The second-order valence-electron chi connectivity index (χ2n) is 1.91. The van der Waals surface area contributed by atoms with E-state index in [4.69, 9.17) is 12.2 Å². The van der Waals surface area contributed by atoms with Gasteiger partial charge in [-0.25, -0.2) is 4.79 Å². The minimum absolute atomic E-state index is 0.394. The number of ether oxygens (including phenoxy) is 1. The molecule has 1 rings (SSSR count). The van der Waals surface area contributed by atoms with Gasteiger partial charge in [0.1, 0.15) is 0 Å². The molecule has 3 nitrogen and oxygen atoms in total. The Hall–Kier alpha value is -1.16. The summed E-state index contributed by atoms with van der Waals surface area (Å²) in [6.07, 6.45) is 3.18. The van der Waals surface area contributed by atoms with Crippen LogP contribution in [0.2, 0.25) is 0 Å². The summed E-state index contributed by atoms with van der Waals surface area (Å²) < 4.78 is 4.99. The first kappa shape index (κ1) is 7.94. The average molecular weight is 169 g/mol. The van der Waals surface area contributed by atoms with E-state index < -0.39 is 5.97 Å². The molecule has 0 saturated carbocycles. The highest BCUT2D eigenvalue weighted by molar-refractivity contribution is 7.71. The first-order valence-electron chi connectivity index (χ1n) is 3.01. The summed E-state index contributed by atoms with van der Waals surface area (Å²) in [4.78, 5) is 13.7. The molecule has 0 aliphatic rings. The van der Waals surface area contributed by atoms with Crippen LogP contribution in [0.25, 0.3) is 0 Å². The van der Waals surface area contributed by atoms with Crippen molar-refractivity contribution >= 4 is 18.2 Å². The zero-order chi connectivity index (χ0) is 8.27. The van der Waals surface area contributed by atoms with Gasteiger partial charge in [-0.2, -0.15) is 0 Å². The van der Waals surface area contributed by atoms with Gasteiger partial charge in [0.15, 0.2) is 0 Å². The molecule has 58 valence electrons. The molecule has 1 aromatic rings. The lowest BCUT2D eigenvalue weighted by Crippen LogP contribution is -2.01. The lowest BCUT2D eigenvalue weighted by atomic mass is 10.3. The van der Waals surface area contributed by atoms with Crippen molar-refractivity contribution in [2.75, 3.05) is 7.11 Å². The monoisotopic (exact) mass is 169 g/mol. The first-order valence-corrected chi connectivity index (χ1v) is 3.42. The average Bonchev–Trinajstić information content (AvgIpc) is 2.04. The summed E-state index contributed by atoms with van der Waals surface area (Å²) in [7, 11) is 1.32. The second kappa shape index (κ2) is 3.30. The number of hydrogen-bond donors (Lipinski definition) is 1. The van der Waals surface area contributed by atoms with Crippen LogP contribution in [0, 0.1) is 4.51 Å². The minimum atomic E-state index is -0.410. The van der Waals surface area contributed by atoms with Crippen molar-refractivity contribution in [1.82, 2.24) is 4.98 Å². The standard InChI is InChI=1S/C7H7NO2S/c1-10-7(9)5-4-8-3-2-6(5)11/h2-4H,1H3,(H,8,11). The highest BCUT2D eigenvalue weighted by Gasteiger charge is 2.04. The number of H-pyrrole nitrogens is 1. The summed E-state index contributed by atoms with van der Waals surface area (Å²) in [6, 6.07) is 1.64. The Morgan fingerprint density at radius 2 is 2.45 bits per heavy atom. The maximum Gasteiger partial charge on any atom is 0.340 e. The van der Waals surface area contributed by atoms with Crippen LogP contribution in [0.3, 0.4) is 0 Å². The van der Waals surface area contributed by atoms with Gasteiger partial charge in [-0.05, 0) is 6.07 Å². The normalized spacial score (nSPS) is 9.18. The van der Waals surface area contributed by atoms with Crippen LogP contribution in [-0.4, -0.2) is 18.1 Å². The van der Waals surface area contributed by atoms with Crippen molar-refractivity contribution in [1.29, 1.82) is 0 Å². The van der Waals surface area contributed by atoms with Crippen molar-refractivity contribution in [3.8, 4) is 0 Å². The molecule has 0 aliphatic heterocycles. The zero-order valence-corrected chi connectivity index (χ0v) is 6.77. The minimum Gasteiger partial charge on any atom is -0.465 e. The molecule has 4 heteroatoms. The van der Waals surface area contributed by atoms with Gasteiger partial charge in [0, 0.05) is 12.4 Å². The van der Waals surface area contributed by atoms with Crippen LogP contribution in [0.5, 0.6) is 0 Å². The third-order valence-electron chi connectivity index (χ3n) is 1.23. The second-order valence-corrected chi connectivity index (χ2v) is 2.35. The number of hydrogen-bond acceptors (Lipinski definition) is 3. The Morgan fingerprint density at radius 1 is 1.73 bits per heavy atom. The number of aromatic nitrogens is 1. The van der Waals surface area contributed by atoms with E-state index in [0.717, 1.165) is 0 Å². The van der Waals surface area contributed by atoms with Crippen molar-refractivity contribution < 1.29 is 9.53 Å². The van der Waals surface area contributed by atoms with Gasteiger partial charge in [0.25, 0.3) is 0 Å². The van der Waals surface area contributed by atoms with Gasteiger partial charge < -0.3 is 9.72 Å². The van der Waals surface area contributed by atoms with E-state index in [9.17, 15) is 4.79 Å².